The molecule has 4 aromatic rings. The predicted molar refractivity (Wildman–Crippen MR) is 140 cm³/mol. The lowest BCUT2D eigenvalue weighted by Crippen LogP contribution is -2.50. The summed E-state index contributed by atoms with van der Waals surface area (Å²) in [7, 11) is 0. The number of amides is 2. The summed E-state index contributed by atoms with van der Waals surface area (Å²) in [6.07, 6.45) is 3.34. The number of benzene rings is 2. The van der Waals surface area contributed by atoms with Gasteiger partial charge in [-0.3, -0.25) is 0 Å². The molecule has 0 spiro atoms. The van der Waals surface area contributed by atoms with Crippen molar-refractivity contribution in [3.63, 3.8) is 0 Å². The number of carbonyl (C=O) groups excluding carboxylic acids is 1. The Morgan fingerprint density at radius 3 is 2.50 bits per heavy atom. The molecule has 0 radical (unpaired) electrons. The van der Waals surface area contributed by atoms with E-state index in [1.54, 1.807) is 18.5 Å². The molecule has 0 atom stereocenters. The van der Waals surface area contributed by atoms with Gasteiger partial charge >= 0.3 is 6.03 Å². The number of carbonyl (C=O) groups is 1. The molecule has 9 nitrogen and oxygen atoms in total. The van der Waals surface area contributed by atoms with Crippen LogP contribution in [0.25, 0.3) is 11.1 Å². The average Bonchev–Trinajstić information content (AvgIpc) is 2.93. The number of rotatable bonds is 6. The predicted octanol–water partition coefficient (Wildman–Crippen LogP) is 4.05. The number of nitrogens with zero attached hydrogens (tertiary/aromatic N) is 5. The number of aromatic nitrogens is 3. The Morgan fingerprint density at radius 2 is 1.69 bits per heavy atom. The SMILES string of the molecule is Nc1nccc(COc2cccnc2N2CCN(C(=O)Nc3cccc(-c4ccccc4)c3)CC2)n1. The second kappa shape index (κ2) is 10.7. The minimum atomic E-state index is -0.112. The molecule has 3 N–H and O–H groups in total. The first-order valence-corrected chi connectivity index (χ1v) is 11.8. The van der Waals surface area contributed by atoms with Gasteiger partial charge in [-0.25, -0.2) is 19.7 Å². The number of pyridine rings is 1. The zero-order chi connectivity index (χ0) is 24.7. The van der Waals surface area contributed by atoms with Gasteiger partial charge in [0, 0.05) is 44.3 Å². The first-order valence-electron chi connectivity index (χ1n) is 11.8. The number of hydrogen-bond donors (Lipinski definition) is 2. The number of nitrogens with two attached hydrogens (primary N) is 1. The molecule has 0 bridgehead atoms. The molecule has 0 unspecified atom stereocenters. The van der Waals surface area contributed by atoms with Crippen molar-refractivity contribution in [3.8, 4) is 16.9 Å². The molecule has 5 rings (SSSR count). The maximum absolute atomic E-state index is 12.9. The Hall–Kier alpha value is -4.66. The molecule has 2 aromatic heterocycles. The molecule has 36 heavy (non-hydrogen) atoms. The smallest absolute Gasteiger partial charge is 0.321 e. The van der Waals surface area contributed by atoms with Gasteiger partial charge in [0.1, 0.15) is 6.61 Å². The van der Waals surface area contributed by atoms with Crippen molar-refractivity contribution in [2.24, 2.45) is 0 Å². The van der Waals surface area contributed by atoms with E-state index in [0.717, 1.165) is 22.6 Å². The van der Waals surface area contributed by atoms with Crippen molar-refractivity contribution in [2.45, 2.75) is 6.61 Å². The van der Waals surface area contributed by atoms with E-state index in [9.17, 15) is 4.79 Å². The number of hydrogen-bond acceptors (Lipinski definition) is 7. The van der Waals surface area contributed by atoms with Gasteiger partial charge in [0.15, 0.2) is 11.6 Å². The van der Waals surface area contributed by atoms with E-state index in [4.69, 9.17) is 10.5 Å². The molecule has 2 aromatic carbocycles. The van der Waals surface area contributed by atoms with Gasteiger partial charge in [0.25, 0.3) is 0 Å². The zero-order valence-corrected chi connectivity index (χ0v) is 19.7. The van der Waals surface area contributed by atoms with E-state index in [2.05, 4.69) is 37.3 Å². The second-order valence-corrected chi connectivity index (χ2v) is 8.37. The molecule has 1 fully saturated rings. The Morgan fingerprint density at radius 1 is 0.889 bits per heavy atom. The maximum atomic E-state index is 12.9. The van der Waals surface area contributed by atoms with Crippen LogP contribution in [0, 0.1) is 0 Å². The normalized spacial score (nSPS) is 13.3. The Kier molecular flexibility index (Phi) is 6.88. The highest BCUT2D eigenvalue weighted by Gasteiger charge is 2.24. The van der Waals surface area contributed by atoms with Crippen molar-refractivity contribution in [1.82, 2.24) is 19.9 Å². The van der Waals surface area contributed by atoms with Crippen molar-refractivity contribution in [2.75, 3.05) is 42.1 Å². The molecule has 0 saturated carbocycles. The fraction of sp³-hybridized carbons (Fsp3) is 0.185. The van der Waals surface area contributed by atoms with E-state index >= 15 is 0 Å². The highest BCUT2D eigenvalue weighted by molar-refractivity contribution is 5.90. The van der Waals surface area contributed by atoms with Gasteiger partial charge in [-0.1, -0.05) is 42.5 Å². The summed E-state index contributed by atoms with van der Waals surface area (Å²) < 4.78 is 5.99. The Balaban J connectivity index is 1.19. The molecular formula is C27H27N7O2. The van der Waals surface area contributed by atoms with Crippen LogP contribution in [0.15, 0.2) is 85.2 Å². The van der Waals surface area contributed by atoms with Gasteiger partial charge in [-0.2, -0.15) is 0 Å². The zero-order valence-electron chi connectivity index (χ0n) is 19.7. The van der Waals surface area contributed by atoms with Crippen LogP contribution in [-0.2, 0) is 6.61 Å². The number of nitrogens with one attached hydrogen (secondary N) is 1. The summed E-state index contributed by atoms with van der Waals surface area (Å²) in [4.78, 5) is 29.5. The van der Waals surface area contributed by atoms with E-state index in [0.29, 0.717) is 37.6 Å². The number of piperazine rings is 1. The lowest BCUT2D eigenvalue weighted by molar-refractivity contribution is 0.208. The van der Waals surface area contributed by atoms with E-state index in [-0.39, 0.29) is 18.6 Å². The first kappa shape index (κ1) is 23.1. The molecule has 182 valence electrons. The number of ether oxygens (including phenoxy) is 1. The summed E-state index contributed by atoms with van der Waals surface area (Å²) >= 11 is 0. The first-order chi connectivity index (χ1) is 17.7. The van der Waals surface area contributed by atoms with Gasteiger partial charge < -0.3 is 25.6 Å². The molecule has 0 aliphatic carbocycles. The van der Waals surface area contributed by atoms with Crippen molar-refractivity contribution in [3.05, 3.63) is 90.9 Å². The Labute approximate surface area is 209 Å². The van der Waals surface area contributed by atoms with Crippen molar-refractivity contribution in [1.29, 1.82) is 0 Å². The van der Waals surface area contributed by atoms with Crippen LogP contribution in [0.5, 0.6) is 5.75 Å². The van der Waals surface area contributed by atoms with Crippen LogP contribution in [0.3, 0.4) is 0 Å². The Bertz CT molecular complexity index is 1320. The molecule has 1 aliphatic heterocycles. The third-order valence-electron chi connectivity index (χ3n) is 5.95. The standard InChI is InChI=1S/C27H27N7O2/c28-26-30-13-11-23(31-26)19-36-24-10-5-12-29-25(24)33-14-16-34(17-15-33)27(35)32-22-9-4-8-21(18-22)20-6-2-1-3-7-20/h1-13,18H,14-17,19H2,(H,32,35)(H2,28,30,31). The van der Waals surface area contributed by atoms with Crippen LogP contribution in [-0.4, -0.2) is 52.1 Å². The number of anilines is 3. The second-order valence-electron chi connectivity index (χ2n) is 8.37. The molecule has 1 saturated heterocycles. The van der Waals surface area contributed by atoms with Gasteiger partial charge in [-0.15, -0.1) is 0 Å². The molecule has 3 heterocycles. The quantitative estimate of drug-likeness (QED) is 0.427. The molecular weight excluding hydrogens is 454 g/mol. The fourth-order valence-corrected chi connectivity index (χ4v) is 4.11. The highest BCUT2D eigenvalue weighted by Crippen LogP contribution is 2.27. The highest BCUT2D eigenvalue weighted by atomic mass is 16.5. The molecule has 2 amide bonds. The fourth-order valence-electron chi connectivity index (χ4n) is 4.11. The van der Waals surface area contributed by atoms with Crippen molar-refractivity contribution >= 4 is 23.5 Å². The third-order valence-corrected chi connectivity index (χ3v) is 5.95. The van der Waals surface area contributed by atoms with Crippen LogP contribution in [0.1, 0.15) is 5.69 Å². The van der Waals surface area contributed by atoms with Gasteiger partial charge in [0.2, 0.25) is 5.95 Å². The minimum absolute atomic E-state index is 0.112. The largest absolute Gasteiger partial charge is 0.483 e. The summed E-state index contributed by atoms with van der Waals surface area (Å²) in [5, 5.41) is 3.04. The average molecular weight is 482 g/mol. The number of nitrogen functional groups attached to an aromatic ring is 1. The third kappa shape index (κ3) is 5.52. The van der Waals surface area contributed by atoms with Crippen LogP contribution in [0.2, 0.25) is 0 Å². The summed E-state index contributed by atoms with van der Waals surface area (Å²) in [6.45, 7) is 2.69. The summed E-state index contributed by atoms with van der Waals surface area (Å²) in [6, 6.07) is 23.4. The summed E-state index contributed by atoms with van der Waals surface area (Å²) in [5.74, 6) is 1.61. The van der Waals surface area contributed by atoms with E-state index in [1.165, 1.54) is 0 Å². The van der Waals surface area contributed by atoms with Crippen LogP contribution in [0.4, 0.5) is 22.2 Å². The minimum Gasteiger partial charge on any atom is -0.483 e. The van der Waals surface area contributed by atoms with Gasteiger partial charge in [0.05, 0.1) is 5.69 Å². The summed E-state index contributed by atoms with van der Waals surface area (Å²) in [5.41, 5.74) is 9.29. The number of urea groups is 1. The van der Waals surface area contributed by atoms with Gasteiger partial charge in [-0.05, 0) is 41.5 Å². The maximum Gasteiger partial charge on any atom is 0.321 e. The van der Waals surface area contributed by atoms with Crippen LogP contribution < -0.4 is 20.7 Å². The van der Waals surface area contributed by atoms with Crippen LogP contribution >= 0.6 is 0 Å². The van der Waals surface area contributed by atoms with E-state index < -0.39 is 0 Å². The monoisotopic (exact) mass is 481 g/mol. The molecule has 1 aliphatic rings. The molecule has 9 heteroatoms. The lowest BCUT2D eigenvalue weighted by atomic mass is 10.1. The lowest BCUT2D eigenvalue weighted by Gasteiger charge is -2.35. The van der Waals surface area contributed by atoms with E-state index in [1.807, 2.05) is 59.5 Å². The van der Waals surface area contributed by atoms with Crippen molar-refractivity contribution < 1.29 is 9.53 Å². The topological polar surface area (TPSA) is 109 Å².